The van der Waals surface area contributed by atoms with E-state index >= 15 is 0 Å². The normalized spacial score (nSPS) is 20.3. The second-order valence-corrected chi connectivity index (χ2v) is 6.54. The molecule has 0 amide bonds. The highest BCUT2D eigenvalue weighted by molar-refractivity contribution is 8.00. The first kappa shape index (κ1) is 13.0. The molecule has 1 aromatic heterocycles. The number of ether oxygens (including phenoxy) is 1. The van der Waals surface area contributed by atoms with Gasteiger partial charge < -0.3 is 9.30 Å². The Bertz CT molecular complexity index is 480. The van der Waals surface area contributed by atoms with Gasteiger partial charge in [0.25, 0.3) is 0 Å². The molecule has 0 aliphatic heterocycles. The van der Waals surface area contributed by atoms with Gasteiger partial charge in [0.1, 0.15) is 11.1 Å². The summed E-state index contributed by atoms with van der Waals surface area (Å²) in [4.78, 5) is 11.7. The first-order chi connectivity index (χ1) is 9.20. The van der Waals surface area contributed by atoms with Gasteiger partial charge in [0.15, 0.2) is 5.16 Å². The molecule has 1 aromatic rings. The highest BCUT2D eigenvalue weighted by Crippen LogP contribution is 2.46. The molecular weight excluding hydrogens is 262 g/mol. The van der Waals surface area contributed by atoms with Crippen LogP contribution in [0.5, 0.6) is 0 Å². The molecule has 0 spiro atoms. The summed E-state index contributed by atoms with van der Waals surface area (Å²) in [6, 6.07) is 0.558. The van der Waals surface area contributed by atoms with Crippen molar-refractivity contribution in [1.29, 1.82) is 0 Å². The van der Waals surface area contributed by atoms with Crippen LogP contribution in [0.15, 0.2) is 5.16 Å². The monoisotopic (exact) mass is 281 g/mol. The zero-order valence-electron chi connectivity index (χ0n) is 11.3. The fourth-order valence-corrected chi connectivity index (χ4v) is 3.06. The molecular formula is C13H19N3O2S. The SMILES string of the molecule is CCOC(=O)[C@H](C)Sc1nnc(C2CC2)n1C1CC1. The van der Waals surface area contributed by atoms with Gasteiger partial charge in [-0.25, -0.2) is 0 Å². The Hall–Kier alpha value is -1.04. The smallest absolute Gasteiger partial charge is 0.319 e. The Kier molecular flexibility index (Phi) is 3.52. The van der Waals surface area contributed by atoms with Gasteiger partial charge in [-0.1, -0.05) is 11.8 Å². The Morgan fingerprint density at radius 2 is 2.16 bits per heavy atom. The van der Waals surface area contributed by atoms with Crippen molar-refractivity contribution in [3.05, 3.63) is 5.82 Å². The number of nitrogens with zero attached hydrogens (tertiary/aromatic N) is 3. The lowest BCUT2D eigenvalue weighted by Crippen LogP contribution is -2.17. The Morgan fingerprint density at radius 1 is 1.42 bits per heavy atom. The molecule has 0 unspecified atom stereocenters. The van der Waals surface area contributed by atoms with Crippen LogP contribution in [0.3, 0.4) is 0 Å². The average molecular weight is 281 g/mol. The van der Waals surface area contributed by atoms with Gasteiger partial charge in [-0.15, -0.1) is 10.2 Å². The van der Waals surface area contributed by atoms with E-state index in [2.05, 4.69) is 14.8 Å². The van der Waals surface area contributed by atoms with Crippen LogP contribution in [0.2, 0.25) is 0 Å². The second-order valence-electron chi connectivity index (χ2n) is 5.23. The zero-order chi connectivity index (χ0) is 13.4. The van der Waals surface area contributed by atoms with E-state index < -0.39 is 0 Å². The van der Waals surface area contributed by atoms with E-state index in [1.165, 1.54) is 37.4 Å². The Labute approximate surface area is 117 Å². The third-order valence-corrected chi connectivity index (χ3v) is 4.48. The molecule has 2 fully saturated rings. The molecule has 6 heteroatoms. The maximum atomic E-state index is 11.7. The van der Waals surface area contributed by atoms with Crippen molar-refractivity contribution in [2.45, 2.75) is 61.9 Å². The number of thioether (sulfide) groups is 1. The highest BCUT2D eigenvalue weighted by Gasteiger charge is 2.37. The zero-order valence-corrected chi connectivity index (χ0v) is 12.2. The predicted molar refractivity (Wildman–Crippen MR) is 72.2 cm³/mol. The van der Waals surface area contributed by atoms with Crippen LogP contribution in [-0.2, 0) is 9.53 Å². The first-order valence-electron chi connectivity index (χ1n) is 6.98. The van der Waals surface area contributed by atoms with Gasteiger partial charge in [0.2, 0.25) is 0 Å². The number of carbonyl (C=O) groups is 1. The number of carbonyl (C=O) groups excluding carboxylic acids is 1. The minimum atomic E-state index is -0.228. The van der Waals surface area contributed by atoms with E-state index in [9.17, 15) is 4.79 Å². The summed E-state index contributed by atoms with van der Waals surface area (Å²) >= 11 is 1.47. The van der Waals surface area contributed by atoms with E-state index in [4.69, 9.17) is 4.74 Å². The summed E-state index contributed by atoms with van der Waals surface area (Å²) in [7, 11) is 0. The van der Waals surface area contributed by atoms with Crippen molar-refractivity contribution < 1.29 is 9.53 Å². The molecule has 0 radical (unpaired) electrons. The summed E-state index contributed by atoms with van der Waals surface area (Å²) in [5.74, 6) is 1.55. The minimum Gasteiger partial charge on any atom is -0.465 e. The van der Waals surface area contributed by atoms with Gasteiger partial charge >= 0.3 is 5.97 Å². The van der Waals surface area contributed by atoms with Crippen LogP contribution >= 0.6 is 11.8 Å². The Balaban J connectivity index is 1.75. The van der Waals surface area contributed by atoms with E-state index in [-0.39, 0.29) is 11.2 Å². The molecule has 5 nitrogen and oxygen atoms in total. The number of hydrogen-bond acceptors (Lipinski definition) is 5. The fourth-order valence-electron chi connectivity index (χ4n) is 2.13. The van der Waals surface area contributed by atoms with Crippen LogP contribution in [-0.4, -0.2) is 32.6 Å². The van der Waals surface area contributed by atoms with Gasteiger partial charge in [0.05, 0.1) is 6.61 Å². The summed E-state index contributed by atoms with van der Waals surface area (Å²) in [6.45, 7) is 4.12. The lowest BCUT2D eigenvalue weighted by Gasteiger charge is -2.11. The molecule has 19 heavy (non-hydrogen) atoms. The number of hydrogen-bond donors (Lipinski definition) is 0. The molecule has 0 aromatic carbocycles. The van der Waals surface area contributed by atoms with Crippen LogP contribution in [0, 0.1) is 0 Å². The van der Waals surface area contributed by atoms with E-state index in [1.807, 2.05) is 13.8 Å². The Morgan fingerprint density at radius 3 is 2.74 bits per heavy atom. The molecule has 2 saturated carbocycles. The van der Waals surface area contributed by atoms with Crippen LogP contribution < -0.4 is 0 Å². The molecule has 2 aliphatic rings. The van der Waals surface area contributed by atoms with Gasteiger partial charge in [0, 0.05) is 12.0 Å². The summed E-state index contributed by atoms with van der Waals surface area (Å²) in [6.07, 6.45) is 4.87. The second kappa shape index (κ2) is 5.15. The molecule has 1 heterocycles. The lowest BCUT2D eigenvalue weighted by molar-refractivity contribution is -0.142. The van der Waals surface area contributed by atoms with Crippen molar-refractivity contribution in [1.82, 2.24) is 14.8 Å². The van der Waals surface area contributed by atoms with E-state index in [0.717, 1.165) is 11.0 Å². The molecule has 3 rings (SSSR count). The van der Waals surface area contributed by atoms with Crippen LogP contribution in [0.25, 0.3) is 0 Å². The van der Waals surface area contributed by atoms with Crippen LogP contribution in [0.1, 0.15) is 57.3 Å². The summed E-state index contributed by atoms with van der Waals surface area (Å²) < 4.78 is 7.30. The molecule has 104 valence electrons. The third-order valence-electron chi connectivity index (χ3n) is 3.45. The van der Waals surface area contributed by atoms with E-state index in [0.29, 0.717) is 18.6 Å². The lowest BCUT2D eigenvalue weighted by atomic mass is 10.4. The van der Waals surface area contributed by atoms with Gasteiger partial charge in [-0.3, -0.25) is 4.79 Å². The maximum Gasteiger partial charge on any atom is 0.319 e. The van der Waals surface area contributed by atoms with Gasteiger partial charge in [-0.2, -0.15) is 0 Å². The average Bonchev–Trinajstić information content (AvgIpc) is 3.29. The maximum absolute atomic E-state index is 11.7. The van der Waals surface area contributed by atoms with Crippen molar-refractivity contribution >= 4 is 17.7 Å². The molecule has 0 N–H and O–H groups in total. The standard InChI is InChI=1S/C13H19N3O2S/c1-3-18-12(17)8(2)19-13-15-14-11(9-4-5-9)16(13)10-6-7-10/h8-10H,3-7H2,1-2H3/t8-/m0/s1. The van der Waals surface area contributed by atoms with Crippen LogP contribution in [0.4, 0.5) is 0 Å². The fraction of sp³-hybridized carbons (Fsp3) is 0.769. The largest absolute Gasteiger partial charge is 0.465 e. The predicted octanol–water partition coefficient (Wildman–Crippen LogP) is 2.53. The molecule has 0 bridgehead atoms. The minimum absolute atomic E-state index is 0.175. The topological polar surface area (TPSA) is 57.0 Å². The molecule has 2 aliphatic carbocycles. The van der Waals surface area contributed by atoms with Crippen molar-refractivity contribution in [2.24, 2.45) is 0 Å². The highest BCUT2D eigenvalue weighted by atomic mass is 32.2. The summed E-state index contributed by atoms with van der Waals surface area (Å²) in [5.41, 5.74) is 0. The summed E-state index contributed by atoms with van der Waals surface area (Å²) in [5, 5.41) is 9.28. The number of esters is 1. The van der Waals surface area contributed by atoms with Crippen molar-refractivity contribution in [2.75, 3.05) is 6.61 Å². The van der Waals surface area contributed by atoms with Crippen molar-refractivity contribution in [3.8, 4) is 0 Å². The molecule has 0 saturated heterocycles. The number of aromatic nitrogens is 3. The van der Waals surface area contributed by atoms with Crippen molar-refractivity contribution in [3.63, 3.8) is 0 Å². The third kappa shape index (κ3) is 2.78. The quantitative estimate of drug-likeness (QED) is 0.592. The number of rotatable bonds is 6. The van der Waals surface area contributed by atoms with E-state index in [1.54, 1.807) is 0 Å². The molecule has 1 atom stereocenters. The van der Waals surface area contributed by atoms with Gasteiger partial charge in [-0.05, 0) is 39.5 Å². The first-order valence-corrected chi connectivity index (χ1v) is 7.86.